The average Bonchev–Trinajstić information content (AvgIpc) is 2.36. The lowest BCUT2D eigenvalue weighted by molar-refractivity contribution is -0.125. The Morgan fingerprint density at radius 1 is 1.46 bits per heavy atom. The second-order valence-corrected chi connectivity index (χ2v) is 5.06. The molecule has 2 aliphatic rings. The third kappa shape index (κ3) is 0.725. The first-order valence-electron chi connectivity index (χ1n) is 4.84. The number of rotatable bonds is 0. The van der Waals surface area contributed by atoms with Crippen LogP contribution in [0.4, 0.5) is 0 Å². The Bertz CT molecular complexity index is 301. The summed E-state index contributed by atoms with van der Waals surface area (Å²) in [5.41, 5.74) is 0.448. The molecule has 0 saturated heterocycles. The van der Waals surface area contributed by atoms with Gasteiger partial charge in [-0.25, -0.2) is 0 Å². The number of allylic oxidation sites excluding steroid dienone is 1. The normalized spacial score (nSPS) is 44.7. The maximum absolute atomic E-state index is 11.9. The first kappa shape index (κ1) is 8.79. The van der Waals surface area contributed by atoms with Crippen molar-refractivity contribution in [2.75, 3.05) is 0 Å². The number of aliphatic hydroxyl groups is 1. The van der Waals surface area contributed by atoms with E-state index in [0.717, 1.165) is 19.1 Å². The number of fused-ring (bicyclic) bond motifs is 2. The lowest BCUT2D eigenvalue weighted by Gasteiger charge is -2.31. The Kier molecular flexibility index (Phi) is 1.47. The van der Waals surface area contributed by atoms with E-state index >= 15 is 0 Å². The van der Waals surface area contributed by atoms with Crippen molar-refractivity contribution in [1.29, 1.82) is 0 Å². The van der Waals surface area contributed by atoms with Gasteiger partial charge < -0.3 is 5.11 Å². The van der Waals surface area contributed by atoms with Crippen LogP contribution in [0.3, 0.4) is 0 Å². The Balaban J connectivity index is 2.57. The van der Waals surface area contributed by atoms with E-state index in [1.807, 2.05) is 6.92 Å². The van der Waals surface area contributed by atoms with Gasteiger partial charge in [-0.3, -0.25) is 4.79 Å². The van der Waals surface area contributed by atoms with Crippen molar-refractivity contribution < 1.29 is 9.90 Å². The monoisotopic (exact) mass is 180 g/mol. The molecule has 2 fully saturated rings. The fourth-order valence-corrected chi connectivity index (χ4v) is 3.08. The molecule has 2 aliphatic carbocycles. The van der Waals surface area contributed by atoms with Gasteiger partial charge in [-0.15, -0.1) is 0 Å². The van der Waals surface area contributed by atoms with Crippen LogP contribution in [-0.4, -0.2) is 10.9 Å². The second-order valence-electron chi connectivity index (χ2n) is 5.06. The van der Waals surface area contributed by atoms with Crippen LogP contribution in [0.25, 0.3) is 0 Å². The standard InChI is InChI=1S/C11H16O2/c1-10(2)8-4-5-11(10,3)9(13)7(8)6-12/h6,8,12H,4-5H2,1-3H3/b7-6+. The molecule has 2 bridgehead atoms. The molecule has 0 aromatic rings. The van der Waals surface area contributed by atoms with Crippen LogP contribution in [0.2, 0.25) is 0 Å². The van der Waals surface area contributed by atoms with Gasteiger partial charge in [-0.2, -0.15) is 0 Å². The number of Topliss-reactive ketones (excluding diaryl/α,β-unsaturated/α-hetero) is 1. The minimum absolute atomic E-state index is 0.0264. The predicted octanol–water partition coefficient (Wildman–Crippen LogP) is 2.45. The van der Waals surface area contributed by atoms with E-state index in [1.54, 1.807) is 0 Å². The summed E-state index contributed by atoms with van der Waals surface area (Å²) in [6.07, 6.45) is 3.04. The van der Waals surface area contributed by atoms with Crippen LogP contribution in [0.1, 0.15) is 33.6 Å². The highest BCUT2D eigenvalue weighted by Crippen LogP contribution is 2.65. The number of carbonyl (C=O) groups excluding carboxylic acids is 1. The van der Waals surface area contributed by atoms with Crippen molar-refractivity contribution in [2.24, 2.45) is 16.7 Å². The van der Waals surface area contributed by atoms with E-state index in [2.05, 4.69) is 13.8 Å². The predicted molar refractivity (Wildman–Crippen MR) is 50.3 cm³/mol. The Morgan fingerprint density at radius 2 is 2.08 bits per heavy atom. The summed E-state index contributed by atoms with van der Waals surface area (Å²) in [4.78, 5) is 11.9. The molecule has 0 radical (unpaired) electrons. The topological polar surface area (TPSA) is 37.3 Å². The highest BCUT2D eigenvalue weighted by Gasteiger charge is 2.64. The van der Waals surface area contributed by atoms with Crippen LogP contribution in [0.15, 0.2) is 11.8 Å². The second kappa shape index (κ2) is 2.17. The van der Waals surface area contributed by atoms with Crippen molar-refractivity contribution in [3.8, 4) is 0 Å². The molecule has 0 heterocycles. The number of aliphatic hydroxyl groups excluding tert-OH is 1. The zero-order valence-corrected chi connectivity index (χ0v) is 8.42. The van der Waals surface area contributed by atoms with Crippen molar-refractivity contribution in [3.63, 3.8) is 0 Å². The fraction of sp³-hybridized carbons (Fsp3) is 0.727. The van der Waals surface area contributed by atoms with Gasteiger partial charge in [0.15, 0.2) is 5.78 Å². The molecule has 0 spiro atoms. The quantitative estimate of drug-likeness (QED) is 0.459. The van der Waals surface area contributed by atoms with Gasteiger partial charge in [0.2, 0.25) is 0 Å². The van der Waals surface area contributed by atoms with Crippen molar-refractivity contribution >= 4 is 5.78 Å². The number of hydrogen-bond acceptors (Lipinski definition) is 2. The van der Waals surface area contributed by atoms with Crippen LogP contribution >= 0.6 is 0 Å². The molecular weight excluding hydrogens is 164 g/mol. The molecule has 13 heavy (non-hydrogen) atoms. The number of hydrogen-bond donors (Lipinski definition) is 1. The van der Waals surface area contributed by atoms with Gasteiger partial charge in [0.05, 0.1) is 6.26 Å². The SMILES string of the molecule is CC12CCC(/C(=C\O)C1=O)C2(C)C. The molecule has 2 rings (SSSR count). The van der Waals surface area contributed by atoms with Crippen LogP contribution in [-0.2, 0) is 4.79 Å². The minimum Gasteiger partial charge on any atom is -0.515 e. The lowest BCUT2D eigenvalue weighted by atomic mass is 9.70. The Hall–Kier alpha value is -0.790. The van der Waals surface area contributed by atoms with Crippen LogP contribution in [0.5, 0.6) is 0 Å². The third-order valence-electron chi connectivity index (χ3n) is 4.50. The Morgan fingerprint density at radius 3 is 2.38 bits per heavy atom. The molecule has 0 aromatic carbocycles. The van der Waals surface area contributed by atoms with Gasteiger partial charge in [0, 0.05) is 11.0 Å². The molecule has 2 unspecified atom stereocenters. The van der Waals surface area contributed by atoms with Gasteiger partial charge >= 0.3 is 0 Å². The molecule has 72 valence electrons. The molecule has 0 amide bonds. The molecule has 2 saturated carbocycles. The fourth-order valence-electron chi connectivity index (χ4n) is 3.08. The molecular formula is C11H16O2. The van der Waals surface area contributed by atoms with Crippen LogP contribution < -0.4 is 0 Å². The van der Waals surface area contributed by atoms with Gasteiger partial charge in [-0.05, 0) is 24.2 Å². The third-order valence-corrected chi connectivity index (χ3v) is 4.50. The van der Waals surface area contributed by atoms with Crippen molar-refractivity contribution in [3.05, 3.63) is 11.8 Å². The van der Waals surface area contributed by atoms with Crippen molar-refractivity contribution in [2.45, 2.75) is 33.6 Å². The van der Waals surface area contributed by atoms with Crippen molar-refractivity contribution in [1.82, 2.24) is 0 Å². The van der Waals surface area contributed by atoms with E-state index in [-0.39, 0.29) is 22.5 Å². The summed E-state index contributed by atoms with van der Waals surface area (Å²) >= 11 is 0. The van der Waals surface area contributed by atoms with E-state index in [1.165, 1.54) is 0 Å². The maximum Gasteiger partial charge on any atom is 0.168 e. The molecule has 1 N–H and O–H groups in total. The maximum atomic E-state index is 11.9. The molecule has 2 atom stereocenters. The van der Waals surface area contributed by atoms with E-state index < -0.39 is 0 Å². The first-order chi connectivity index (χ1) is 5.95. The van der Waals surface area contributed by atoms with E-state index in [4.69, 9.17) is 5.11 Å². The van der Waals surface area contributed by atoms with Gasteiger partial charge in [-0.1, -0.05) is 20.8 Å². The highest BCUT2D eigenvalue weighted by atomic mass is 16.2. The summed E-state index contributed by atoms with van der Waals surface area (Å²) < 4.78 is 0. The van der Waals surface area contributed by atoms with Gasteiger partial charge in [0.25, 0.3) is 0 Å². The molecule has 2 heteroatoms. The highest BCUT2D eigenvalue weighted by molar-refractivity contribution is 6.04. The smallest absolute Gasteiger partial charge is 0.168 e. The molecule has 0 aliphatic heterocycles. The zero-order valence-electron chi connectivity index (χ0n) is 8.42. The minimum atomic E-state index is -0.230. The Labute approximate surface area is 78.6 Å². The summed E-state index contributed by atoms with van der Waals surface area (Å²) in [6, 6.07) is 0. The number of carbonyl (C=O) groups is 1. The van der Waals surface area contributed by atoms with E-state index in [9.17, 15) is 4.79 Å². The molecule has 2 nitrogen and oxygen atoms in total. The lowest BCUT2D eigenvalue weighted by Crippen LogP contribution is -2.32. The summed E-state index contributed by atoms with van der Waals surface area (Å²) in [5.74, 6) is 0.436. The summed E-state index contributed by atoms with van der Waals surface area (Å²) in [6.45, 7) is 6.31. The largest absolute Gasteiger partial charge is 0.515 e. The number of ketones is 1. The average molecular weight is 180 g/mol. The summed E-state index contributed by atoms with van der Waals surface area (Å²) in [5, 5.41) is 9.02. The van der Waals surface area contributed by atoms with Gasteiger partial charge in [0.1, 0.15) is 0 Å². The van der Waals surface area contributed by atoms with E-state index in [0.29, 0.717) is 5.57 Å². The van der Waals surface area contributed by atoms with Crippen LogP contribution in [0, 0.1) is 16.7 Å². The first-order valence-corrected chi connectivity index (χ1v) is 4.84. The zero-order chi connectivity index (χ0) is 9.85. The molecule has 0 aromatic heterocycles. The summed E-state index contributed by atoms with van der Waals surface area (Å²) in [7, 11) is 0.